The predicted octanol–water partition coefficient (Wildman–Crippen LogP) is 3.30. The third-order valence-electron chi connectivity index (χ3n) is 3.58. The second-order valence-corrected chi connectivity index (χ2v) is 5.32. The van der Waals surface area contributed by atoms with Gasteiger partial charge in [-0.05, 0) is 49.4 Å². The van der Waals surface area contributed by atoms with Gasteiger partial charge in [-0.15, -0.1) is 0 Å². The molecule has 138 valence electrons. The van der Waals surface area contributed by atoms with Crippen molar-refractivity contribution in [2.75, 3.05) is 19.0 Å². The van der Waals surface area contributed by atoms with E-state index in [9.17, 15) is 14.7 Å². The molecule has 0 unspecified atom stereocenters. The van der Waals surface area contributed by atoms with Gasteiger partial charge in [0.05, 0.1) is 13.7 Å². The minimum atomic E-state index is -0.895. The van der Waals surface area contributed by atoms with E-state index in [4.69, 9.17) is 14.7 Å². The molecule has 2 N–H and O–H groups in total. The van der Waals surface area contributed by atoms with E-state index in [1.54, 1.807) is 49.4 Å². The number of carbonyl (C=O) groups is 2. The molecule has 0 aliphatic heterocycles. The highest BCUT2D eigenvalue weighted by Gasteiger charge is 2.17. The number of aliphatic hydroxyl groups excluding tert-OH is 1. The van der Waals surface area contributed by atoms with E-state index in [-0.39, 0.29) is 18.1 Å². The average molecular weight is 366 g/mol. The predicted molar refractivity (Wildman–Crippen MR) is 99.2 cm³/mol. The number of nitriles is 1. The second kappa shape index (κ2) is 9.06. The van der Waals surface area contributed by atoms with E-state index < -0.39 is 17.3 Å². The molecule has 2 aromatic rings. The van der Waals surface area contributed by atoms with Gasteiger partial charge >= 0.3 is 5.97 Å². The lowest BCUT2D eigenvalue weighted by Crippen LogP contribution is -2.12. The Labute approximate surface area is 156 Å². The highest BCUT2D eigenvalue weighted by Crippen LogP contribution is 2.20. The molecule has 7 nitrogen and oxygen atoms in total. The molecule has 2 rings (SSSR count). The first-order valence-electron chi connectivity index (χ1n) is 8.06. The second-order valence-electron chi connectivity index (χ2n) is 5.32. The zero-order valence-electron chi connectivity index (χ0n) is 14.9. The van der Waals surface area contributed by atoms with Crippen molar-refractivity contribution < 1.29 is 24.2 Å². The summed E-state index contributed by atoms with van der Waals surface area (Å²) in [6.45, 7) is 1.69. The maximum Gasteiger partial charge on any atom is 0.352 e. The Kier molecular flexibility index (Phi) is 6.55. The summed E-state index contributed by atoms with van der Waals surface area (Å²) in [7, 11) is 1.52. The Balaban J connectivity index is 2.18. The summed E-state index contributed by atoms with van der Waals surface area (Å²) in [5.74, 6) is -1.14. The molecule has 0 bridgehead atoms. The summed E-state index contributed by atoms with van der Waals surface area (Å²) in [5.41, 5.74) is 0.674. The molecule has 7 heteroatoms. The Morgan fingerprint density at radius 3 is 2.44 bits per heavy atom. The van der Waals surface area contributed by atoms with Crippen molar-refractivity contribution in [3.63, 3.8) is 0 Å². The van der Waals surface area contributed by atoms with Gasteiger partial charge in [0, 0.05) is 16.8 Å². The van der Waals surface area contributed by atoms with Crippen LogP contribution in [0.4, 0.5) is 5.69 Å². The fourth-order valence-corrected chi connectivity index (χ4v) is 2.22. The molecule has 0 fully saturated rings. The van der Waals surface area contributed by atoms with Crippen LogP contribution < -0.4 is 10.1 Å². The standard InChI is InChI=1S/C20H18N2O5/c1-3-27-20(25)17(12-21)18(23)13-7-9-15(10-8-13)22-19(24)14-5-4-6-16(11-14)26-2/h4-11,23H,3H2,1-2H3,(H,22,24). The number of ether oxygens (including phenoxy) is 2. The van der Waals surface area contributed by atoms with Gasteiger partial charge in [0.2, 0.25) is 0 Å². The van der Waals surface area contributed by atoms with Gasteiger partial charge in [-0.3, -0.25) is 4.79 Å². The molecule has 0 aromatic heterocycles. The molecule has 0 saturated heterocycles. The van der Waals surface area contributed by atoms with E-state index >= 15 is 0 Å². The zero-order chi connectivity index (χ0) is 19.8. The normalized spacial score (nSPS) is 11.0. The van der Waals surface area contributed by atoms with Crippen LogP contribution >= 0.6 is 0 Å². The minimum Gasteiger partial charge on any atom is -0.506 e. The van der Waals surface area contributed by atoms with E-state index in [0.717, 1.165) is 0 Å². The lowest BCUT2D eigenvalue weighted by molar-refractivity contribution is -0.138. The van der Waals surface area contributed by atoms with E-state index in [1.165, 1.54) is 19.2 Å². The van der Waals surface area contributed by atoms with Crippen molar-refractivity contribution in [1.82, 2.24) is 0 Å². The first-order chi connectivity index (χ1) is 13.0. The molecular formula is C20H18N2O5. The zero-order valence-corrected chi connectivity index (χ0v) is 14.9. The summed E-state index contributed by atoms with van der Waals surface area (Å²) in [6.07, 6.45) is 0. The number of nitrogens with zero attached hydrogens (tertiary/aromatic N) is 1. The van der Waals surface area contributed by atoms with E-state index in [0.29, 0.717) is 17.0 Å². The Hall–Kier alpha value is -3.79. The SMILES string of the molecule is CCOC(=O)C(C#N)=C(O)c1ccc(NC(=O)c2cccc(OC)c2)cc1. The number of aliphatic hydroxyl groups is 1. The molecular weight excluding hydrogens is 348 g/mol. The van der Waals surface area contributed by atoms with Gasteiger partial charge in [0.25, 0.3) is 5.91 Å². The van der Waals surface area contributed by atoms with Gasteiger partial charge < -0.3 is 19.9 Å². The van der Waals surface area contributed by atoms with E-state index in [1.807, 2.05) is 0 Å². The van der Waals surface area contributed by atoms with Crippen molar-refractivity contribution in [3.05, 3.63) is 65.2 Å². The maximum atomic E-state index is 12.3. The van der Waals surface area contributed by atoms with Crippen molar-refractivity contribution in [1.29, 1.82) is 5.26 Å². The van der Waals surface area contributed by atoms with E-state index in [2.05, 4.69) is 5.32 Å². The summed E-state index contributed by atoms with van der Waals surface area (Å²) in [6, 6.07) is 14.4. The topological polar surface area (TPSA) is 109 Å². The number of hydrogen-bond acceptors (Lipinski definition) is 6. The number of nitrogens with one attached hydrogen (secondary N) is 1. The van der Waals surface area contributed by atoms with Crippen molar-refractivity contribution >= 4 is 23.3 Å². The fourth-order valence-electron chi connectivity index (χ4n) is 2.22. The number of rotatable bonds is 6. The van der Waals surface area contributed by atoms with Gasteiger partial charge in [-0.2, -0.15) is 5.26 Å². The summed E-state index contributed by atoms with van der Waals surface area (Å²) in [5, 5.41) is 21.9. The Morgan fingerprint density at radius 1 is 1.15 bits per heavy atom. The molecule has 0 spiro atoms. The van der Waals surface area contributed by atoms with Gasteiger partial charge in [0.1, 0.15) is 17.6 Å². The lowest BCUT2D eigenvalue weighted by atomic mass is 10.1. The van der Waals surface area contributed by atoms with Gasteiger partial charge in [0.15, 0.2) is 5.57 Å². The molecule has 1 amide bonds. The number of benzene rings is 2. The summed E-state index contributed by atoms with van der Waals surface area (Å²) >= 11 is 0. The monoisotopic (exact) mass is 366 g/mol. The van der Waals surface area contributed by atoms with Crippen molar-refractivity contribution in [2.45, 2.75) is 6.92 Å². The molecule has 0 atom stereocenters. The number of anilines is 1. The number of esters is 1. The first kappa shape index (κ1) is 19.5. The van der Waals surface area contributed by atoms with Crippen LogP contribution in [0.3, 0.4) is 0 Å². The molecule has 2 aromatic carbocycles. The lowest BCUT2D eigenvalue weighted by Gasteiger charge is -2.08. The van der Waals surface area contributed by atoms with Crippen LogP contribution in [0.5, 0.6) is 5.75 Å². The molecule has 0 saturated carbocycles. The number of carbonyl (C=O) groups excluding carboxylic acids is 2. The highest BCUT2D eigenvalue weighted by atomic mass is 16.5. The van der Waals surface area contributed by atoms with Gasteiger partial charge in [-0.1, -0.05) is 6.07 Å². The maximum absolute atomic E-state index is 12.3. The van der Waals surface area contributed by atoms with Crippen LogP contribution in [0.2, 0.25) is 0 Å². The molecule has 0 heterocycles. The van der Waals surface area contributed by atoms with Crippen LogP contribution in [0, 0.1) is 11.3 Å². The fraction of sp³-hybridized carbons (Fsp3) is 0.150. The van der Waals surface area contributed by atoms with Crippen LogP contribution in [-0.4, -0.2) is 30.7 Å². The van der Waals surface area contributed by atoms with Gasteiger partial charge in [-0.25, -0.2) is 4.79 Å². The van der Waals surface area contributed by atoms with Crippen LogP contribution in [-0.2, 0) is 9.53 Å². The Morgan fingerprint density at radius 2 is 1.85 bits per heavy atom. The highest BCUT2D eigenvalue weighted by molar-refractivity contribution is 6.04. The third kappa shape index (κ3) is 4.86. The average Bonchev–Trinajstić information content (AvgIpc) is 2.69. The van der Waals surface area contributed by atoms with Crippen LogP contribution in [0.25, 0.3) is 5.76 Å². The minimum absolute atomic E-state index is 0.0898. The third-order valence-corrected chi connectivity index (χ3v) is 3.58. The molecule has 27 heavy (non-hydrogen) atoms. The Bertz CT molecular complexity index is 911. The molecule has 0 aliphatic rings. The summed E-state index contributed by atoms with van der Waals surface area (Å²) < 4.78 is 9.83. The smallest absolute Gasteiger partial charge is 0.352 e. The number of hydrogen-bond donors (Lipinski definition) is 2. The molecule has 0 radical (unpaired) electrons. The largest absolute Gasteiger partial charge is 0.506 e. The quantitative estimate of drug-likeness (QED) is 0.351. The van der Waals surface area contributed by atoms with Crippen LogP contribution in [0.1, 0.15) is 22.8 Å². The molecule has 0 aliphatic carbocycles. The summed E-state index contributed by atoms with van der Waals surface area (Å²) in [4.78, 5) is 24.0. The number of amides is 1. The van der Waals surface area contributed by atoms with Crippen molar-refractivity contribution in [3.8, 4) is 11.8 Å². The van der Waals surface area contributed by atoms with Crippen molar-refractivity contribution in [2.24, 2.45) is 0 Å². The number of methoxy groups -OCH3 is 1. The first-order valence-corrected chi connectivity index (χ1v) is 8.06. The van der Waals surface area contributed by atoms with Crippen LogP contribution in [0.15, 0.2) is 54.1 Å².